The van der Waals surface area contributed by atoms with Gasteiger partial charge in [-0.3, -0.25) is 0 Å². The molecular weight excluding hydrogens is 220 g/mol. The van der Waals surface area contributed by atoms with Crippen molar-refractivity contribution in [1.29, 1.82) is 0 Å². The van der Waals surface area contributed by atoms with E-state index in [0.717, 1.165) is 15.9 Å². The van der Waals surface area contributed by atoms with Gasteiger partial charge in [-0.1, -0.05) is 12.1 Å². The van der Waals surface area contributed by atoms with Gasteiger partial charge in [0, 0.05) is 19.0 Å². The third-order valence-electron chi connectivity index (χ3n) is 2.34. The van der Waals surface area contributed by atoms with Gasteiger partial charge in [0.15, 0.2) is 0 Å². The van der Waals surface area contributed by atoms with Crippen LogP contribution in [0.25, 0.3) is 10.9 Å². The highest BCUT2D eigenvalue weighted by Crippen LogP contribution is 2.30. The number of rotatable bonds is 3. The van der Waals surface area contributed by atoms with Crippen molar-refractivity contribution in [1.82, 2.24) is 4.37 Å². The molecule has 0 radical (unpaired) electrons. The van der Waals surface area contributed by atoms with Crippen molar-refractivity contribution in [3.05, 3.63) is 24.3 Å². The molecule has 0 saturated heterocycles. The fourth-order valence-corrected chi connectivity index (χ4v) is 2.62. The van der Waals surface area contributed by atoms with Crippen LogP contribution in [0.15, 0.2) is 24.3 Å². The summed E-state index contributed by atoms with van der Waals surface area (Å²) in [5.41, 5.74) is 0.324. The number of hydrogen-bond acceptors (Lipinski definition) is 4. The van der Waals surface area contributed by atoms with Crippen LogP contribution < -0.4 is 4.90 Å². The molecule has 1 heterocycles. The van der Waals surface area contributed by atoms with E-state index < -0.39 is 5.60 Å². The second-order valence-electron chi connectivity index (χ2n) is 4.67. The van der Waals surface area contributed by atoms with E-state index in [1.165, 1.54) is 11.5 Å². The average molecular weight is 236 g/mol. The van der Waals surface area contributed by atoms with Crippen LogP contribution in [0.1, 0.15) is 13.8 Å². The predicted octanol–water partition coefficient (Wildman–Crippen LogP) is 2.50. The molecule has 3 nitrogen and oxygen atoms in total. The van der Waals surface area contributed by atoms with Gasteiger partial charge in [0.05, 0.1) is 11.1 Å². The standard InChI is InChI=1S/C12H16N2OS/c1-12(2,15)8-14(3)11-9-6-4-5-7-10(9)13-16-11/h4-7,15H,8H2,1-3H3. The second kappa shape index (κ2) is 4.03. The SMILES string of the molecule is CN(CC(C)(C)O)c1snc2ccccc12. The summed E-state index contributed by atoms with van der Waals surface area (Å²) in [6, 6.07) is 8.07. The molecule has 0 aliphatic rings. The van der Waals surface area contributed by atoms with Crippen molar-refractivity contribution < 1.29 is 5.11 Å². The molecule has 1 N–H and O–H groups in total. The summed E-state index contributed by atoms with van der Waals surface area (Å²) in [5, 5.41) is 12.1. The molecule has 0 saturated carbocycles. The van der Waals surface area contributed by atoms with Crippen molar-refractivity contribution in [2.45, 2.75) is 19.4 Å². The van der Waals surface area contributed by atoms with Crippen LogP contribution in [-0.2, 0) is 0 Å². The van der Waals surface area contributed by atoms with E-state index in [1.807, 2.05) is 39.1 Å². The number of fused-ring (bicyclic) bond motifs is 1. The highest BCUT2D eigenvalue weighted by atomic mass is 32.1. The molecule has 4 heteroatoms. The van der Waals surface area contributed by atoms with Crippen molar-refractivity contribution in [3.8, 4) is 0 Å². The lowest BCUT2D eigenvalue weighted by Gasteiger charge is -2.25. The zero-order chi connectivity index (χ0) is 11.8. The summed E-state index contributed by atoms with van der Waals surface area (Å²) in [4.78, 5) is 2.06. The molecule has 86 valence electrons. The van der Waals surface area contributed by atoms with Crippen LogP contribution in [-0.4, -0.2) is 28.7 Å². The highest BCUT2D eigenvalue weighted by Gasteiger charge is 2.18. The van der Waals surface area contributed by atoms with Gasteiger partial charge in [0.2, 0.25) is 0 Å². The number of anilines is 1. The molecule has 16 heavy (non-hydrogen) atoms. The summed E-state index contributed by atoms with van der Waals surface area (Å²) in [6.45, 7) is 4.22. The highest BCUT2D eigenvalue weighted by molar-refractivity contribution is 7.11. The Kier molecular flexibility index (Phi) is 2.86. The van der Waals surface area contributed by atoms with E-state index in [0.29, 0.717) is 6.54 Å². The van der Waals surface area contributed by atoms with Crippen LogP contribution in [0.3, 0.4) is 0 Å². The molecule has 2 aromatic rings. The third-order valence-corrected chi connectivity index (χ3v) is 3.33. The van der Waals surface area contributed by atoms with Gasteiger partial charge < -0.3 is 10.0 Å². The van der Waals surface area contributed by atoms with Gasteiger partial charge >= 0.3 is 0 Å². The Morgan fingerprint density at radius 2 is 2.06 bits per heavy atom. The van der Waals surface area contributed by atoms with Crippen molar-refractivity contribution in [2.24, 2.45) is 0 Å². The van der Waals surface area contributed by atoms with Gasteiger partial charge in [0.25, 0.3) is 0 Å². The Balaban J connectivity index is 2.33. The fraction of sp³-hybridized carbons (Fsp3) is 0.417. The summed E-state index contributed by atoms with van der Waals surface area (Å²) in [5.74, 6) is 0. The molecule has 0 fully saturated rings. The molecule has 0 aliphatic carbocycles. The minimum absolute atomic E-state index is 0.596. The smallest absolute Gasteiger partial charge is 0.119 e. The Morgan fingerprint density at radius 3 is 2.75 bits per heavy atom. The lowest BCUT2D eigenvalue weighted by molar-refractivity contribution is 0.0888. The maximum atomic E-state index is 9.80. The van der Waals surface area contributed by atoms with Gasteiger partial charge in [-0.15, -0.1) is 0 Å². The third kappa shape index (κ3) is 2.33. The van der Waals surface area contributed by atoms with E-state index >= 15 is 0 Å². The van der Waals surface area contributed by atoms with E-state index in [2.05, 4.69) is 15.3 Å². The van der Waals surface area contributed by atoms with Gasteiger partial charge in [0.1, 0.15) is 5.00 Å². The van der Waals surface area contributed by atoms with Crippen LogP contribution in [0.5, 0.6) is 0 Å². The number of aliphatic hydroxyl groups is 1. The maximum Gasteiger partial charge on any atom is 0.119 e. The molecule has 1 aromatic carbocycles. The molecule has 1 aromatic heterocycles. The minimum Gasteiger partial charge on any atom is -0.389 e. The molecular formula is C12H16N2OS. The number of likely N-dealkylation sites (N-methyl/N-ethyl adjacent to an activating group) is 1. The molecule has 2 rings (SSSR count). The zero-order valence-electron chi connectivity index (χ0n) is 9.77. The molecule has 0 bridgehead atoms. The predicted molar refractivity (Wildman–Crippen MR) is 69.2 cm³/mol. The molecule has 0 unspecified atom stereocenters. The Morgan fingerprint density at radius 1 is 1.38 bits per heavy atom. The first-order valence-corrected chi connectivity index (χ1v) is 6.03. The second-order valence-corrected chi connectivity index (χ2v) is 5.43. The van der Waals surface area contributed by atoms with E-state index in [9.17, 15) is 5.11 Å². The monoisotopic (exact) mass is 236 g/mol. The minimum atomic E-state index is -0.695. The summed E-state index contributed by atoms with van der Waals surface area (Å²) < 4.78 is 4.39. The van der Waals surface area contributed by atoms with E-state index in [1.54, 1.807) is 0 Å². The summed E-state index contributed by atoms with van der Waals surface area (Å²) >= 11 is 1.48. The van der Waals surface area contributed by atoms with Gasteiger partial charge in [-0.25, -0.2) is 0 Å². The first-order valence-electron chi connectivity index (χ1n) is 5.25. The van der Waals surface area contributed by atoms with Crippen LogP contribution in [0.4, 0.5) is 5.00 Å². The van der Waals surface area contributed by atoms with Crippen molar-refractivity contribution in [3.63, 3.8) is 0 Å². The van der Waals surface area contributed by atoms with Crippen molar-refractivity contribution >= 4 is 27.4 Å². The van der Waals surface area contributed by atoms with Crippen molar-refractivity contribution in [2.75, 3.05) is 18.5 Å². The van der Waals surface area contributed by atoms with Crippen LogP contribution in [0, 0.1) is 0 Å². The maximum absolute atomic E-state index is 9.80. The Hall–Kier alpha value is -1.13. The zero-order valence-corrected chi connectivity index (χ0v) is 10.6. The summed E-state index contributed by atoms with van der Waals surface area (Å²) in [6.07, 6.45) is 0. The number of benzene rings is 1. The van der Waals surface area contributed by atoms with E-state index in [4.69, 9.17) is 0 Å². The van der Waals surface area contributed by atoms with Crippen LogP contribution >= 0.6 is 11.5 Å². The quantitative estimate of drug-likeness (QED) is 0.889. The fourth-order valence-electron chi connectivity index (χ4n) is 1.80. The summed E-state index contributed by atoms with van der Waals surface area (Å²) in [7, 11) is 1.98. The average Bonchev–Trinajstić information content (AvgIpc) is 2.58. The number of nitrogens with zero attached hydrogens (tertiary/aromatic N) is 2. The Labute approximate surface area is 99.5 Å². The Bertz CT molecular complexity index is 487. The lowest BCUT2D eigenvalue weighted by Crippen LogP contribution is -2.35. The van der Waals surface area contributed by atoms with Gasteiger partial charge in [-0.05, 0) is 37.5 Å². The molecule has 0 amide bonds. The normalized spacial score (nSPS) is 12.0. The van der Waals surface area contributed by atoms with Crippen LogP contribution in [0.2, 0.25) is 0 Å². The van der Waals surface area contributed by atoms with E-state index in [-0.39, 0.29) is 0 Å². The largest absolute Gasteiger partial charge is 0.389 e. The molecule has 0 atom stereocenters. The van der Waals surface area contributed by atoms with Gasteiger partial charge in [-0.2, -0.15) is 4.37 Å². The lowest BCUT2D eigenvalue weighted by atomic mass is 10.1. The molecule has 0 aliphatic heterocycles. The topological polar surface area (TPSA) is 36.4 Å². The number of hydrogen-bond donors (Lipinski definition) is 1. The first-order chi connectivity index (χ1) is 7.47. The number of aromatic nitrogens is 1. The molecule has 0 spiro atoms. The first kappa shape index (κ1) is 11.4.